The van der Waals surface area contributed by atoms with Crippen molar-refractivity contribution in [1.29, 1.82) is 0 Å². The Balaban J connectivity index is 3.04. The van der Waals surface area contributed by atoms with Crippen LogP contribution in [-0.4, -0.2) is 5.54 Å². The summed E-state index contributed by atoms with van der Waals surface area (Å²) in [5.41, 5.74) is -0.332. The summed E-state index contributed by atoms with van der Waals surface area (Å²) in [6.07, 6.45) is 5.55. The molecule has 0 spiro atoms. The van der Waals surface area contributed by atoms with Gasteiger partial charge in [-0.1, -0.05) is 31.8 Å². The number of unbranched alkanes of at least 4 members (excludes halogenated alkanes) is 2. The number of allylic oxidation sites excluding steroid dienone is 1. The van der Waals surface area contributed by atoms with Gasteiger partial charge < -0.3 is 0 Å². The lowest BCUT2D eigenvalue weighted by atomic mass is 10.1. The highest BCUT2D eigenvalue weighted by Gasteiger charge is 1.95. The molecule has 0 saturated carbocycles. The van der Waals surface area contributed by atoms with E-state index in [4.69, 9.17) is 22.9 Å². The highest BCUT2D eigenvalue weighted by Crippen LogP contribution is 2.00. The summed E-state index contributed by atoms with van der Waals surface area (Å²) in [4.78, 5) is 0. The van der Waals surface area contributed by atoms with Crippen LogP contribution in [0.25, 0.3) is 0 Å². The summed E-state index contributed by atoms with van der Waals surface area (Å²) >= 11 is 10.9. The number of rotatable bonds is 4. The van der Waals surface area contributed by atoms with Gasteiger partial charge in [0.1, 0.15) is 0 Å². The van der Waals surface area contributed by atoms with Crippen molar-refractivity contribution in [3.63, 3.8) is 0 Å². The molecule has 0 bridgehead atoms. The monoisotopic (exact) mass is 164 g/mol. The fourth-order valence-corrected chi connectivity index (χ4v) is 0.727. The topological polar surface area (TPSA) is 0 Å². The molecule has 0 atom stereocenters. The molecule has 0 saturated heterocycles. The number of hydrogen-bond acceptors (Lipinski definition) is 0. The van der Waals surface area contributed by atoms with Crippen LogP contribution in [0, 0.1) is 0 Å². The van der Waals surface area contributed by atoms with Crippen LogP contribution in [0.15, 0.2) is 12.1 Å². The Hall–Kier alpha value is 0.385. The molecule has 52 valence electrons. The van der Waals surface area contributed by atoms with Gasteiger partial charge in [-0.25, -0.2) is 0 Å². The molecule has 9 heavy (non-hydrogen) atoms. The molecule has 0 aromatic carbocycles. The van der Waals surface area contributed by atoms with Gasteiger partial charge in [0.25, 0.3) is 0 Å². The molecule has 0 nitrogen and oxygen atoms in total. The van der Waals surface area contributed by atoms with Gasteiger partial charge in [0.15, 0.2) is 0 Å². The van der Waals surface area contributed by atoms with Gasteiger partial charge in [-0.15, -0.1) is 0 Å². The van der Waals surface area contributed by atoms with E-state index in [0.717, 1.165) is 6.42 Å². The predicted molar refractivity (Wildman–Crippen MR) is 46.1 cm³/mol. The molecule has 0 fully saturated rings. The number of halogens is 2. The standard InChI is InChI=1S/C6H11BCl2/c1-2-3-4-5-6-7(8)9/h5-6H,2-4H2,1H3/b6-5+. The molecule has 0 aromatic heterocycles. The van der Waals surface area contributed by atoms with E-state index in [1.165, 1.54) is 12.8 Å². The maximum atomic E-state index is 5.44. The summed E-state index contributed by atoms with van der Waals surface area (Å²) in [5.74, 6) is 1.80. The van der Waals surface area contributed by atoms with E-state index in [1.807, 2.05) is 6.08 Å². The van der Waals surface area contributed by atoms with Crippen LogP contribution in [0.4, 0.5) is 0 Å². The Kier molecular flexibility index (Phi) is 6.78. The van der Waals surface area contributed by atoms with Gasteiger partial charge in [0.05, 0.1) is 0 Å². The van der Waals surface area contributed by atoms with Gasteiger partial charge in [0, 0.05) is 0 Å². The second-order valence-electron chi connectivity index (χ2n) is 1.90. The second-order valence-corrected chi connectivity index (χ2v) is 3.07. The highest BCUT2D eigenvalue weighted by molar-refractivity contribution is 7.36. The van der Waals surface area contributed by atoms with Crippen molar-refractivity contribution in [3.05, 3.63) is 12.1 Å². The predicted octanol–water partition coefficient (Wildman–Crippen LogP) is 3.24. The van der Waals surface area contributed by atoms with E-state index in [1.54, 1.807) is 5.98 Å². The Bertz CT molecular complexity index is 81.1. The van der Waals surface area contributed by atoms with Crippen LogP contribution < -0.4 is 0 Å². The van der Waals surface area contributed by atoms with Gasteiger partial charge >= 0.3 is 5.54 Å². The first-order valence-corrected chi connectivity index (χ1v) is 4.09. The van der Waals surface area contributed by atoms with Crippen molar-refractivity contribution < 1.29 is 0 Å². The highest BCUT2D eigenvalue weighted by atomic mass is 35.5. The quantitative estimate of drug-likeness (QED) is 0.442. The van der Waals surface area contributed by atoms with Crippen molar-refractivity contribution >= 4 is 28.5 Å². The average molecular weight is 165 g/mol. The Morgan fingerprint density at radius 3 is 2.56 bits per heavy atom. The minimum Gasteiger partial charge on any atom is -0.165 e. The lowest BCUT2D eigenvalue weighted by molar-refractivity contribution is 0.815. The third-order valence-corrected chi connectivity index (χ3v) is 1.30. The zero-order valence-corrected chi connectivity index (χ0v) is 7.12. The second kappa shape index (κ2) is 6.50. The fraction of sp³-hybridized carbons (Fsp3) is 0.667. The van der Waals surface area contributed by atoms with Gasteiger partial charge in [0.2, 0.25) is 0 Å². The molecule has 0 N–H and O–H groups in total. The van der Waals surface area contributed by atoms with E-state index in [2.05, 4.69) is 6.92 Å². The minimum atomic E-state index is -0.332. The molecule has 0 amide bonds. The lowest BCUT2D eigenvalue weighted by Gasteiger charge is -1.87. The molecular weight excluding hydrogens is 154 g/mol. The van der Waals surface area contributed by atoms with Crippen LogP contribution >= 0.6 is 22.9 Å². The van der Waals surface area contributed by atoms with Crippen molar-refractivity contribution in [2.45, 2.75) is 26.2 Å². The summed E-state index contributed by atoms with van der Waals surface area (Å²) in [5, 5.41) is 0. The molecule has 0 aliphatic heterocycles. The summed E-state index contributed by atoms with van der Waals surface area (Å²) in [6.45, 7) is 2.16. The third kappa shape index (κ3) is 8.38. The minimum absolute atomic E-state index is 0.332. The van der Waals surface area contributed by atoms with Crippen LogP contribution in [0.1, 0.15) is 26.2 Å². The van der Waals surface area contributed by atoms with Crippen molar-refractivity contribution in [2.24, 2.45) is 0 Å². The van der Waals surface area contributed by atoms with Crippen LogP contribution in [0.3, 0.4) is 0 Å². The van der Waals surface area contributed by atoms with E-state index in [0.29, 0.717) is 0 Å². The Labute approximate surface area is 67.1 Å². The molecule has 3 heteroatoms. The fourth-order valence-electron chi connectivity index (χ4n) is 0.521. The third-order valence-electron chi connectivity index (χ3n) is 1.01. The van der Waals surface area contributed by atoms with E-state index in [9.17, 15) is 0 Å². The molecule has 0 unspecified atom stereocenters. The van der Waals surface area contributed by atoms with Gasteiger partial charge in [-0.05, 0) is 6.42 Å². The lowest BCUT2D eigenvalue weighted by Crippen LogP contribution is -1.82. The number of hydrogen-bond donors (Lipinski definition) is 0. The first-order valence-electron chi connectivity index (χ1n) is 3.22. The maximum absolute atomic E-state index is 5.44. The molecule has 0 aliphatic rings. The van der Waals surface area contributed by atoms with Crippen molar-refractivity contribution in [2.75, 3.05) is 0 Å². The van der Waals surface area contributed by atoms with E-state index < -0.39 is 0 Å². The van der Waals surface area contributed by atoms with Crippen molar-refractivity contribution in [3.8, 4) is 0 Å². The molecule has 0 aliphatic carbocycles. The Morgan fingerprint density at radius 1 is 1.44 bits per heavy atom. The first kappa shape index (κ1) is 9.38. The molecule has 0 heterocycles. The van der Waals surface area contributed by atoms with E-state index >= 15 is 0 Å². The normalized spacial score (nSPS) is 10.6. The summed E-state index contributed by atoms with van der Waals surface area (Å²) < 4.78 is 0. The smallest absolute Gasteiger partial charge is 0.165 e. The first-order chi connectivity index (χ1) is 4.27. The van der Waals surface area contributed by atoms with Crippen LogP contribution in [0.5, 0.6) is 0 Å². The average Bonchev–Trinajstić information content (AvgIpc) is 1.80. The van der Waals surface area contributed by atoms with Crippen LogP contribution in [-0.2, 0) is 0 Å². The zero-order chi connectivity index (χ0) is 7.11. The molecule has 0 radical (unpaired) electrons. The summed E-state index contributed by atoms with van der Waals surface area (Å²) in [6, 6.07) is 0. The van der Waals surface area contributed by atoms with Crippen molar-refractivity contribution in [1.82, 2.24) is 0 Å². The van der Waals surface area contributed by atoms with E-state index in [-0.39, 0.29) is 5.54 Å². The maximum Gasteiger partial charge on any atom is 0.375 e. The molecular formula is C6H11BCl2. The van der Waals surface area contributed by atoms with Gasteiger partial charge in [-0.2, -0.15) is 22.9 Å². The molecule has 0 aromatic rings. The Morgan fingerprint density at radius 2 is 2.11 bits per heavy atom. The van der Waals surface area contributed by atoms with Gasteiger partial charge in [-0.3, -0.25) is 0 Å². The SMILES string of the molecule is CCCC/C=C/B(Cl)Cl. The largest absolute Gasteiger partial charge is 0.375 e. The molecule has 0 rings (SSSR count). The van der Waals surface area contributed by atoms with Crippen LogP contribution in [0.2, 0.25) is 0 Å². The summed E-state index contributed by atoms with van der Waals surface area (Å²) in [7, 11) is 0. The zero-order valence-electron chi connectivity index (χ0n) is 5.61.